The van der Waals surface area contributed by atoms with E-state index in [0.29, 0.717) is 11.1 Å². The number of fused-ring (bicyclic) bond motifs is 1. The van der Waals surface area contributed by atoms with Crippen LogP contribution in [0.5, 0.6) is 0 Å². The summed E-state index contributed by atoms with van der Waals surface area (Å²) in [5.74, 6) is 0.413. The van der Waals surface area contributed by atoms with E-state index in [9.17, 15) is 4.79 Å². The van der Waals surface area contributed by atoms with E-state index in [1.165, 1.54) is 22.9 Å². The number of hydrogen-bond donors (Lipinski definition) is 1. The summed E-state index contributed by atoms with van der Waals surface area (Å²) in [6, 6.07) is 16.1. The standard InChI is InChI=1S/C21H20BrN3O2S/c1-13(19(26)23-18-12-6-8-14-7-2-3-9-15(14)18)28-21-25-24-20(27-21)16-10-4-5-11-17(16)22/h2-5,7,9-11,13,18H,6,8,12H2,1H3,(H,23,26)/t13-,18+/m0/s1. The molecule has 144 valence electrons. The number of rotatable bonds is 5. The third kappa shape index (κ3) is 4.15. The number of thioether (sulfide) groups is 1. The fourth-order valence-corrected chi connectivity index (χ4v) is 4.55. The van der Waals surface area contributed by atoms with Gasteiger partial charge in [0, 0.05) is 4.47 Å². The highest BCUT2D eigenvalue weighted by Crippen LogP contribution is 2.32. The van der Waals surface area contributed by atoms with Crippen molar-refractivity contribution in [1.29, 1.82) is 0 Å². The maximum absolute atomic E-state index is 12.7. The molecule has 28 heavy (non-hydrogen) atoms. The average molecular weight is 458 g/mol. The summed E-state index contributed by atoms with van der Waals surface area (Å²) in [4.78, 5) is 12.7. The van der Waals surface area contributed by atoms with Gasteiger partial charge in [-0.2, -0.15) is 0 Å². The van der Waals surface area contributed by atoms with Gasteiger partial charge < -0.3 is 9.73 Å². The highest BCUT2D eigenvalue weighted by molar-refractivity contribution is 9.10. The molecule has 7 heteroatoms. The van der Waals surface area contributed by atoms with E-state index >= 15 is 0 Å². The Morgan fingerprint density at radius 3 is 2.86 bits per heavy atom. The average Bonchev–Trinajstić information content (AvgIpc) is 3.16. The Labute approximate surface area is 176 Å². The molecule has 0 aliphatic heterocycles. The molecule has 0 saturated heterocycles. The molecule has 1 aliphatic carbocycles. The van der Waals surface area contributed by atoms with Crippen molar-refractivity contribution in [2.75, 3.05) is 0 Å². The molecule has 1 heterocycles. The van der Waals surface area contributed by atoms with Crippen LogP contribution in [0.2, 0.25) is 0 Å². The number of hydrogen-bond acceptors (Lipinski definition) is 5. The van der Waals surface area contributed by atoms with Crippen LogP contribution in [-0.4, -0.2) is 21.4 Å². The molecular weight excluding hydrogens is 438 g/mol. The Balaban J connectivity index is 1.41. The monoisotopic (exact) mass is 457 g/mol. The summed E-state index contributed by atoms with van der Waals surface area (Å²) in [7, 11) is 0. The van der Waals surface area contributed by atoms with E-state index in [2.05, 4.69) is 49.6 Å². The molecule has 1 aromatic heterocycles. The molecule has 3 aromatic rings. The lowest BCUT2D eigenvalue weighted by Crippen LogP contribution is -2.35. The molecular formula is C21H20BrN3O2S. The lowest BCUT2D eigenvalue weighted by molar-refractivity contribution is -0.121. The quantitative estimate of drug-likeness (QED) is 0.534. The summed E-state index contributed by atoms with van der Waals surface area (Å²) in [6.45, 7) is 1.86. The second-order valence-corrected chi connectivity index (χ2v) is 8.91. The van der Waals surface area contributed by atoms with Gasteiger partial charge >= 0.3 is 0 Å². The highest BCUT2D eigenvalue weighted by Gasteiger charge is 2.25. The number of nitrogens with zero attached hydrogens (tertiary/aromatic N) is 2. The van der Waals surface area contributed by atoms with Gasteiger partial charge in [-0.05, 0) is 65.4 Å². The van der Waals surface area contributed by atoms with Crippen molar-refractivity contribution in [2.45, 2.75) is 42.7 Å². The number of halogens is 1. The first-order valence-electron chi connectivity index (χ1n) is 9.25. The van der Waals surface area contributed by atoms with E-state index < -0.39 is 0 Å². The van der Waals surface area contributed by atoms with Crippen molar-refractivity contribution < 1.29 is 9.21 Å². The number of aromatic nitrogens is 2. The van der Waals surface area contributed by atoms with Gasteiger partial charge in [-0.3, -0.25) is 4.79 Å². The smallest absolute Gasteiger partial charge is 0.277 e. The molecule has 5 nitrogen and oxygen atoms in total. The summed E-state index contributed by atoms with van der Waals surface area (Å²) in [5, 5.41) is 11.4. The SMILES string of the molecule is C[C@H](Sc1nnc(-c2ccccc2Br)o1)C(=O)N[C@@H]1CCCc2ccccc21. The van der Waals surface area contributed by atoms with Crippen molar-refractivity contribution in [3.8, 4) is 11.5 Å². The number of benzene rings is 2. The highest BCUT2D eigenvalue weighted by atomic mass is 79.9. The molecule has 2 atom stereocenters. The normalized spacial score (nSPS) is 17.0. The summed E-state index contributed by atoms with van der Waals surface area (Å²) >= 11 is 4.76. The van der Waals surface area contributed by atoms with Gasteiger partial charge in [-0.25, -0.2) is 0 Å². The zero-order chi connectivity index (χ0) is 19.5. The number of aryl methyl sites for hydroxylation is 1. The second-order valence-electron chi connectivity index (χ2n) is 6.77. The molecule has 0 unspecified atom stereocenters. The van der Waals surface area contributed by atoms with Crippen LogP contribution in [0, 0.1) is 0 Å². The van der Waals surface area contributed by atoms with E-state index in [-0.39, 0.29) is 17.2 Å². The minimum absolute atomic E-state index is 0.0210. The molecule has 0 fully saturated rings. The minimum Gasteiger partial charge on any atom is -0.411 e. The number of carbonyl (C=O) groups is 1. The molecule has 1 amide bonds. The molecule has 1 aliphatic rings. The van der Waals surface area contributed by atoms with Crippen LogP contribution in [0.15, 0.2) is 62.6 Å². The Hall–Kier alpha value is -2.12. The number of nitrogens with one attached hydrogen (secondary N) is 1. The van der Waals surface area contributed by atoms with Gasteiger partial charge in [0.1, 0.15) is 0 Å². The van der Waals surface area contributed by atoms with Gasteiger partial charge in [0.25, 0.3) is 5.22 Å². The van der Waals surface area contributed by atoms with Crippen molar-refractivity contribution in [3.05, 3.63) is 64.1 Å². The van der Waals surface area contributed by atoms with Crippen molar-refractivity contribution >= 4 is 33.6 Å². The minimum atomic E-state index is -0.332. The van der Waals surface area contributed by atoms with Crippen LogP contribution in [0.1, 0.15) is 36.9 Å². The van der Waals surface area contributed by atoms with Crippen LogP contribution >= 0.6 is 27.7 Å². The molecule has 1 N–H and O–H groups in total. The lowest BCUT2D eigenvalue weighted by Gasteiger charge is -2.27. The van der Waals surface area contributed by atoms with Crippen LogP contribution in [0.3, 0.4) is 0 Å². The molecule has 2 aromatic carbocycles. The van der Waals surface area contributed by atoms with Crippen molar-refractivity contribution in [2.24, 2.45) is 0 Å². The Kier molecular flexibility index (Phi) is 5.82. The molecule has 0 radical (unpaired) electrons. The zero-order valence-corrected chi connectivity index (χ0v) is 17.8. The van der Waals surface area contributed by atoms with Crippen molar-refractivity contribution in [1.82, 2.24) is 15.5 Å². The molecule has 0 spiro atoms. The summed E-state index contributed by atoms with van der Waals surface area (Å²) in [5.41, 5.74) is 3.39. The van der Waals surface area contributed by atoms with Gasteiger partial charge in [-0.1, -0.05) is 48.2 Å². The fourth-order valence-electron chi connectivity index (χ4n) is 3.40. The summed E-state index contributed by atoms with van der Waals surface area (Å²) < 4.78 is 6.63. The fraction of sp³-hybridized carbons (Fsp3) is 0.286. The van der Waals surface area contributed by atoms with E-state index in [0.717, 1.165) is 29.3 Å². The van der Waals surface area contributed by atoms with Crippen LogP contribution in [0.25, 0.3) is 11.5 Å². The lowest BCUT2D eigenvalue weighted by atomic mass is 9.88. The number of carbonyl (C=O) groups excluding carboxylic acids is 1. The molecule has 4 rings (SSSR count). The zero-order valence-electron chi connectivity index (χ0n) is 15.4. The summed E-state index contributed by atoms with van der Waals surface area (Å²) in [6.07, 6.45) is 3.13. The first-order valence-corrected chi connectivity index (χ1v) is 10.9. The molecule has 0 bridgehead atoms. The Bertz CT molecular complexity index is 991. The largest absolute Gasteiger partial charge is 0.411 e. The van der Waals surface area contributed by atoms with Crippen LogP contribution in [0.4, 0.5) is 0 Å². The Morgan fingerprint density at radius 2 is 2.00 bits per heavy atom. The predicted molar refractivity (Wildman–Crippen MR) is 113 cm³/mol. The first kappa shape index (κ1) is 19.2. The Morgan fingerprint density at radius 1 is 1.21 bits per heavy atom. The first-order chi connectivity index (χ1) is 13.6. The topological polar surface area (TPSA) is 68.0 Å². The van der Waals surface area contributed by atoms with E-state index in [1.54, 1.807) is 0 Å². The van der Waals surface area contributed by atoms with Gasteiger partial charge in [0.2, 0.25) is 11.8 Å². The maximum atomic E-state index is 12.7. The van der Waals surface area contributed by atoms with Gasteiger partial charge in [0.15, 0.2) is 0 Å². The maximum Gasteiger partial charge on any atom is 0.277 e. The predicted octanol–water partition coefficient (Wildman–Crippen LogP) is 5.17. The number of amides is 1. The van der Waals surface area contributed by atoms with Crippen LogP contribution in [-0.2, 0) is 11.2 Å². The molecule has 0 saturated carbocycles. The van der Waals surface area contributed by atoms with E-state index in [1.807, 2.05) is 37.3 Å². The third-order valence-electron chi connectivity index (χ3n) is 4.84. The second kappa shape index (κ2) is 8.49. The van der Waals surface area contributed by atoms with E-state index in [4.69, 9.17) is 4.42 Å². The van der Waals surface area contributed by atoms with Gasteiger partial charge in [-0.15, -0.1) is 10.2 Å². The van der Waals surface area contributed by atoms with Crippen molar-refractivity contribution in [3.63, 3.8) is 0 Å². The van der Waals surface area contributed by atoms with Gasteiger partial charge in [0.05, 0.1) is 16.9 Å². The van der Waals surface area contributed by atoms with Crippen LogP contribution < -0.4 is 5.32 Å². The third-order valence-corrected chi connectivity index (χ3v) is 6.47.